The van der Waals surface area contributed by atoms with Crippen LogP contribution >= 0.6 is 0 Å². The molecule has 0 radical (unpaired) electrons. The van der Waals surface area contributed by atoms with Crippen LogP contribution in [0.25, 0.3) is 0 Å². The lowest BCUT2D eigenvalue weighted by molar-refractivity contribution is -0.122. The van der Waals surface area contributed by atoms with Crippen molar-refractivity contribution in [2.45, 2.75) is 40.2 Å². The third-order valence-corrected chi connectivity index (χ3v) is 3.56. The first-order valence-corrected chi connectivity index (χ1v) is 7.61. The normalized spacial score (nSPS) is 11.8. The van der Waals surface area contributed by atoms with Gasteiger partial charge in [0.2, 0.25) is 0 Å². The number of anilines is 1. The first-order chi connectivity index (χ1) is 10.5. The minimum absolute atomic E-state index is 0.117. The van der Waals surface area contributed by atoms with Crippen LogP contribution in [-0.4, -0.2) is 12.0 Å². The molecule has 0 saturated carbocycles. The Labute approximate surface area is 132 Å². The van der Waals surface area contributed by atoms with Crippen molar-refractivity contribution in [3.05, 3.63) is 59.2 Å². The molecule has 1 atom stereocenters. The van der Waals surface area contributed by atoms with Crippen molar-refractivity contribution in [2.75, 3.05) is 5.32 Å². The lowest BCUT2D eigenvalue weighted by atomic mass is 10.1. The van der Waals surface area contributed by atoms with Crippen LogP contribution in [0.5, 0.6) is 5.75 Å². The highest BCUT2D eigenvalue weighted by Gasteiger charge is 2.19. The van der Waals surface area contributed by atoms with E-state index >= 15 is 0 Å². The Balaban J connectivity index is 2.10. The molecule has 1 amide bonds. The van der Waals surface area contributed by atoms with E-state index in [2.05, 4.69) is 5.32 Å². The molecule has 2 aromatic carbocycles. The van der Waals surface area contributed by atoms with E-state index in [-0.39, 0.29) is 5.91 Å². The zero-order chi connectivity index (χ0) is 16.1. The van der Waals surface area contributed by atoms with Gasteiger partial charge >= 0.3 is 0 Å². The number of amides is 1. The number of benzene rings is 2. The molecule has 0 saturated heterocycles. The minimum atomic E-state index is -0.499. The third kappa shape index (κ3) is 4.10. The van der Waals surface area contributed by atoms with E-state index in [0.29, 0.717) is 6.42 Å². The average molecular weight is 297 g/mol. The van der Waals surface area contributed by atoms with Crippen molar-refractivity contribution < 1.29 is 9.53 Å². The fourth-order valence-corrected chi connectivity index (χ4v) is 2.26. The molecule has 0 aliphatic heterocycles. The van der Waals surface area contributed by atoms with Gasteiger partial charge in [0.25, 0.3) is 5.91 Å². The minimum Gasteiger partial charge on any atom is -0.480 e. The van der Waals surface area contributed by atoms with Gasteiger partial charge in [-0.25, -0.2) is 0 Å². The summed E-state index contributed by atoms with van der Waals surface area (Å²) in [6.07, 6.45) is 0.117. The van der Waals surface area contributed by atoms with Gasteiger partial charge in [-0.3, -0.25) is 4.79 Å². The van der Waals surface area contributed by atoms with Crippen LogP contribution in [0.1, 0.15) is 30.0 Å². The number of nitrogens with one attached hydrogen (secondary N) is 1. The number of rotatable bonds is 5. The van der Waals surface area contributed by atoms with Crippen molar-refractivity contribution >= 4 is 11.6 Å². The molecular formula is C19H23NO2. The molecule has 116 valence electrons. The predicted octanol–water partition coefficient (Wildman–Crippen LogP) is 4.41. The van der Waals surface area contributed by atoms with Crippen LogP contribution in [0.3, 0.4) is 0 Å². The third-order valence-electron chi connectivity index (χ3n) is 3.56. The Kier molecular flexibility index (Phi) is 5.21. The van der Waals surface area contributed by atoms with Crippen LogP contribution < -0.4 is 10.1 Å². The summed E-state index contributed by atoms with van der Waals surface area (Å²) in [6, 6.07) is 13.8. The monoisotopic (exact) mass is 297 g/mol. The Hall–Kier alpha value is -2.29. The standard InChI is InChI=1S/C19H23NO2/c1-5-17(22-18-12-14(3)9-10-15(18)4)19(21)20-16-8-6-7-13(2)11-16/h6-12,17H,5H2,1-4H3,(H,20,21)/t17-/m1/s1. The molecule has 0 heterocycles. The average Bonchev–Trinajstić information content (AvgIpc) is 2.48. The highest BCUT2D eigenvalue weighted by molar-refractivity contribution is 5.94. The van der Waals surface area contributed by atoms with Crippen LogP contribution in [-0.2, 0) is 4.79 Å². The lowest BCUT2D eigenvalue weighted by Crippen LogP contribution is -2.32. The molecule has 0 bridgehead atoms. The molecule has 22 heavy (non-hydrogen) atoms. The summed E-state index contributed by atoms with van der Waals surface area (Å²) in [7, 11) is 0. The van der Waals surface area contributed by atoms with Crippen LogP contribution in [0.15, 0.2) is 42.5 Å². The Morgan fingerprint density at radius 3 is 2.50 bits per heavy atom. The van der Waals surface area contributed by atoms with Gasteiger partial charge in [0.1, 0.15) is 5.75 Å². The topological polar surface area (TPSA) is 38.3 Å². The smallest absolute Gasteiger partial charge is 0.265 e. The fraction of sp³-hybridized carbons (Fsp3) is 0.316. The van der Waals surface area contributed by atoms with Gasteiger partial charge < -0.3 is 10.1 Å². The molecule has 3 heteroatoms. The van der Waals surface area contributed by atoms with Crippen molar-refractivity contribution in [1.29, 1.82) is 0 Å². The van der Waals surface area contributed by atoms with E-state index in [1.54, 1.807) is 0 Å². The highest BCUT2D eigenvalue weighted by Crippen LogP contribution is 2.22. The zero-order valence-corrected chi connectivity index (χ0v) is 13.6. The number of ether oxygens (including phenoxy) is 1. The molecule has 0 aliphatic carbocycles. The maximum Gasteiger partial charge on any atom is 0.265 e. The summed E-state index contributed by atoms with van der Waals surface area (Å²) in [5.74, 6) is 0.653. The maximum absolute atomic E-state index is 12.4. The van der Waals surface area contributed by atoms with Gasteiger partial charge in [0.05, 0.1) is 0 Å². The Bertz CT molecular complexity index is 664. The van der Waals surface area contributed by atoms with Crippen molar-refractivity contribution in [2.24, 2.45) is 0 Å². The van der Waals surface area contributed by atoms with Gasteiger partial charge in [0, 0.05) is 5.69 Å². The quantitative estimate of drug-likeness (QED) is 0.888. The second-order valence-electron chi connectivity index (χ2n) is 5.64. The molecule has 2 aromatic rings. The summed E-state index contributed by atoms with van der Waals surface area (Å²) in [5, 5.41) is 2.92. The summed E-state index contributed by atoms with van der Waals surface area (Å²) in [5.41, 5.74) is 4.07. The maximum atomic E-state index is 12.4. The van der Waals surface area contributed by atoms with Crippen LogP contribution in [0, 0.1) is 20.8 Å². The molecule has 0 fully saturated rings. The van der Waals surface area contributed by atoms with E-state index < -0.39 is 6.10 Å². The fourth-order valence-electron chi connectivity index (χ4n) is 2.26. The molecular weight excluding hydrogens is 274 g/mol. The Morgan fingerprint density at radius 2 is 1.82 bits per heavy atom. The predicted molar refractivity (Wildman–Crippen MR) is 90.4 cm³/mol. The summed E-state index contributed by atoms with van der Waals surface area (Å²) in [4.78, 5) is 12.4. The number of carbonyl (C=O) groups is 1. The van der Waals surface area contributed by atoms with Crippen molar-refractivity contribution in [3.63, 3.8) is 0 Å². The van der Waals surface area contributed by atoms with Crippen LogP contribution in [0.4, 0.5) is 5.69 Å². The number of hydrogen-bond donors (Lipinski definition) is 1. The molecule has 3 nitrogen and oxygen atoms in total. The number of aryl methyl sites for hydroxylation is 3. The van der Waals surface area contributed by atoms with Gasteiger partial charge in [-0.05, 0) is 62.1 Å². The second-order valence-corrected chi connectivity index (χ2v) is 5.64. The summed E-state index contributed by atoms with van der Waals surface area (Å²) < 4.78 is 5.93. The summed E-state index contributed by atoms with van der Waals surface area (Å²) in [6.45, 7) is 7.95. The molecule has 0 aliphatic rings. The van der Waals surface area contributed by atoms with E-state index in [0.717, 1.165) is 28.1 Å². The second kappa shape index (κ2) is 7.12. The highest BCUT2D eigenvalue weighted by atomic mass is 16.5. The molecule has 1 N–H and O–H groups in total. The number of carbonyl (C=O) groups excluding carboxylic acids is 1. The van der Waals surface area contributed by atoms with E-state index in [1.807, 2.05) is 70.2 Å². The molecule has 0 aromatic heterocycles. The zero-order valence-electron chi connectivity index (χ0n) is 13.6. The Morgan fingerprint density at radius 1 is 1.09 bits per heavy atom. The van der Waals surface area contributed by atoms with E-state index in [4.69, 9.17) is 4.74 Å². The number of hydrogen-bond acceptors (Lipinski definition) is 2. The molecule has 0 spiro atoms. The van der Waals surface area contributed by atoms with Gasteiger partial charge in [-0.15, -0.1) is 0 Å². The van der Waals surface area contributed by atoms with Crippen LogP contribution in [0.2, 0.25) is 0 Å². The first kappa shape index (κ1) is 16.1. The van der Waals surface area contributed by atoms with Gasteiger partial charge in [0.15, 0.2) is 6.10 Å². The van der Waals surface area contributed by atoms with Gasteiger partial charge in [-0.2, -0.15) is 0 Å². The lowest BCUT2D eigenvalue weighted by Gasteiger charge is -2.19. The van der Waals surface area contributed by atoms with E-state index in [1.165, 1.54) is 0 Å². The molecule has 0 unspecified atom stereocenters. The molecule has 2 rings (SSSR count). The van der Waals surface area contributed by atoms with E-state index in [9.17, 15) is 4.79 Å². The summed E-state index contributed by atoms with van der Waals surface area (Å²) >= 11 is 0. The van der Waals surface area contributed by atoms with Crippen molar-refractivity contribution in [3.8, 4) is 5.75 Å². The largest absolute Gasteiger partial charge is 0.480 e. The van der Waals surface area contributed by atoms with Crippen molar-refractivity contribution in [1.82, 2.24) is 0 Å². The van der Waals surface area contributed by atoms with Gasteiger partial charge in [-0.1, -0.05) is 31.2 Å². The first-order valence-electron chi connectivity index (χ1n) is 7.61. The SMILES string of the molecule is CC[C@@H](Oc1cc(C)ccc1C)C(=O)Nc1cccc(C)c1.